The smallest absolute Gasteiger partial charge is 0.0768 e. The van der Waals surface area contributed by atoms with Gasteiger partial charge in [-0.2, -0.15) is 0 Å². The molecular formula is C14H26O2. The standard InChI is InChI=1S/C10H16.C4H10O2/c1-7-8-4-5-9(6-8)10(7,2)3;1-2-4(6)3-5/h8-9H,1,4-6H2,2-3H3;4-6H,2-3H2,1H3. The largest absolute Gasteiger partial charge is 0.394 e. The highest BCUT2D eigenvalue weighted by molar-refractivity contribution is 5.22. The van der Waals surface area contributed by atoms with Crippen molar-refractivity contribution in [3.05, 3.63) is 12.2 Å². The van der Waals surface area contributed by atoms with Crippen molar-refractivity contribution in [3.8, 4) is 0 Å². The van der Waals surface area contributed by atoms with E-state index < -0.39 is 6.10 Å². The van der Waals surface area contributed by atoms with Crippen molar-refractivity contribution in [2.75, 3.05) is 6.61 Å². The molecule has 0 aromatic rings. The van der Waals surface area contributed by atoms with Gasteiger partial charge in [0.15, 0.2) is 0 Å². The fraction of sp³-hybridized carbons (Fsp3) is 0.857. The first-order valence-electron chi connectivity index (χ1n) is 6.41. The van der Waals surface area contributed by atoms with Crippen LogP contribution in [0.4, 0.5) is 0 Å². The average Bonchev–Trinajstić information content (AvgIpc) is 2.83. The van der Waals surface area contributed by atoms with Gasteiger partial charge in [0.25, 0.3) is 0 Å². The van der Waals surface area contributed by atoms with E-state index in [-0.39, 0.29) is 6.61 Å². The van der Waals surface area contributed by atoms with E-state index in [9.17, 15) is 0 Å². The molecule has 2 saturated carbocycles. The zero-order valence-corrected chi connectivity index (χ0v) is 10.9. The van der Waals surface area contributed by atoms with E-state index >= 15 is 0 Å². The second kappa shape index (κ2) is 5.33. The second-order valence-electron chi connectivity index (χ2n) is 5.70. The molecule has 0 heterocycles. The number of rotatable bonds is 2. The van der Waals surface area contributed by atoms with Crippen LogP contribution < -0.4 is 0 Å². The van der Waals surface area contributed by atoms with Gasteiger partial charge in [0.05, 0.1) is 12.7 Å². The van der Waals surface area contributed by atoms with Crippen LogP contribution in [0, 0.1) is 17.3 Å². The molecule has 0 radical (unpaired) electrons. The summed E-state index contributed by atoms with van der Waals surface area (Å²) in [5.74, 6) is 1.85. The summed E-state index contributed by atoms with van der Waals surface area (Å²) in [7, 11) is 0. The molecular weight excluding hydrogens is 200 g/mol. The highest BCUT2D eigenvalue weighted by Crippen LogP contribution is 2.58. The molecule has 0 aliphatic heterocycles. The van der Waals surface area contributed by atoms with Crippen LogP contribution in [0.5, 0.6) is 0 Å². The third kappa shape index (κ3) is 2.67. The Morgan fingerprint density at radius 3 is 2.25 bits per heavy atom. The summed E-state index contributed by atoms with van der Waals surface area (Å²) in [6.45, 7) is 10.6. The van der Waals surface area contributed by atoms with Gasteiger partial charge in [0, 0.05) is 0 Å². The Hall–Kier alpha value is -0.340. The summed E-state index contributed by atoms with van der Waals surface area (Å²) in [4.78, 5) is 0. The molecule has 2 aliphatic rings. The Morgan fingerprint density at radius 2 is 2.06 bits per heavy atom. The summed E-state index contributed by atoms with van der Waals surface area (Å²) in [6.07, 6.45) is 4.44. The van der Waals surface area contributed by atoms with Crippen LogP contribution >= 0.6 is 0 Å². The number of aliphatic hydroxyl groups excluding tert-OH is 2. The quantitative estimate of drug-likeness (QED) is 0.711. The van der Waals surface area contributed by atoms with E-state index in [4.69, 9.17) is 10.2 Å². The van der Waals surface area contributed by atoms with Crippen LogP contribution in [0.25, 0.3) is 0 Å². The van der Waals surface area contributed by atoms with Gasteiger partial charge in [-0.1, -0.05) is 32.9 Å². The van der Waals surface area contributed by atoms with Gasteiger partial charge < -0.3 is 10.2 Å². The van der Waals surface area contributed by atoms with Crippen molar-refractivity contribution in [2.45, 2.75) is 52.6 Å². The minimum absolute atomic E-state index is 0.115. The highest BCUT2D eigenvalue weighted by atomic mass is 16.3. The van der Waals surface area contributed by atoms with Gasteiger partial charge in [0.2, 0.25) is 0 Å². The molecule has 3 atom stereocenters. The zero-order chi connectivity index (χ0) is 12.3. The first-order chi connectivity index (χ1) is 7.43. The van der Waals surface area contributed by atoms with Crippen molar-refractivity contribution in [1.29, 1.82) is 0 Å². The van der Waals surface area contributed by atoms with Crippen LogP contribution in [-0.4, -0.2) is 22.9 Å². The third-order valence-electron chi connectivity index (χ3n) is 4.46. The molecule has 3 unspecified atom stereocenters. The molecule has 2 fully saturated rings. The summed E-state index contributed by atoms with van der Waals surface area (Å²) in [5.41, 5.74) is 2.01. The maximum Gasteiger partial charge on any atom is 0.0768 e. The summed E-state index contributed by atoms with van der Waals surface area (Å²) in [6, 6.07) is 0. The molecule has 16 heavy (non-hydrogen) atoms. The Balaban J connectivity index is 0.000000187. The Morgan fingerprint density at radius 1 is 1.44 bits per heavy atom. The lowest BCUT2D eigenvalue weighted by molar-refractivity contribution is 0.0923. The number of hydrogen-bond acceptors (Lipinski definition) is 2. The minimum Gasteiger partial charge on any atom is -0.394 e. The van der Waals surface area contributed by atoms with Crippen molar-refractivity contribution in [3.63, 3.8) is 0 Å². The monoisotopic (exact) mass is 226 g/mol. The molecule has 2 rings (SSSR count). The zero-order valence-electron chi connectivity index (χ0n) is 10.9. The van der Waals surface area contributed by atoms with E-state index in [2.05, 4.69) is 20.4 Å². The third-order valence-corrected chi connectivity index (χ3v) is 4.46. The van der Waals surface area contributed by atoms with E-state index in [0.29, 0.717) is 11.8 Å². The Kier molecular flexibility index (Phi) is 4.57. The van der Waals surface area contributed by atoms with Crippen LogP contribution in [0.15, 0.2) is 12.2 Å². The van der Waals surface area contributed by atoms with Crippen LogP contribution in [0.1, 0.15) is 46.5 Å². The van der Waals surface area contributed by atoms with Crippen molar-refractivity contribution < 1.29 is 10.2 Å². The summed E-state index contributed by atoms with van der Waals surface area (Å²) >= 11 is 0. The Labute approximate surface area is 99.4 Å². The van der Waals surface area contributed by atoms with Crippen molar-refractivity contribution in [2.24, 2.45) is 17.3 Å². The minimum atomic E-state index is -0.509. The summed E-state index contributed by atoms with van der Waals surface area (Å²) in [5, 5.41) is 16.5. The lowest BCUT2D eigenvalue weighted by atomic mass is 9.73. The van der Waals surface area contributed by atoms with E-state index in [1.165, 1.54) is 24.8 Å². The van der Waals surface area contributed by atoms with Gasteiger partial charge in [-0.25, -0.2) is 0 Å². The topological polar surface area (TPSA) is 40.5 Å². The number of allylic oxidation sites excluding steroid dienone is 1. The van der Waals surface area contributed by atoms with E-state index in [1.807, 2.05) is 6.92 Å². The van der Waals surface area contributed by atoms with Gasteiger partial charge in [-0.15, -0.1) is 0 Å². The molecule has 2 aliphatic carbocycles. The van der Waals surface area contributed by atoms with Crippen LogP contribution in [-0.2, 0) is 0 Å². The lowest BCUT2D eigenvalue weighted by Crippen LogP contribution is -2.21. The van der Waals surface area contributed by atoms with E-state index in [1.54, 1.807) is 0 Å². The lowest BCUT2D eigenvalue weighted by Gasteiger charge is -2.31. The van der Waals surface area contributed by atoms with Crippen molar-refractivity contribution >= 4 is 0 Å². The molecule has 0 aromatic carbocycles. The van der Waals surface area contributed by atoms with Gasteiger partial charge in [-0.05, 0) is 42.9 Å². The number of aliphatic hydroxyl groups is 2. The molecule has 2 bridgehead atoms. The normalized spacial score (nSPS) is 32.2. The van der Waals surface area contributed by atoms with Gasteiger partial charge in [-0.3, -0.25) is 0 Å². The second-order valence-corrected chi connectivity index (χ2v) is 5.70. The molecule has 0 amide bonds. The number of fused-ring (bicyclic) bond motifs is 2. The molecule has 0 saturated heterocycles. The molecule has 2 nitrogen and oxygen atoms in total. The van der Waals surface area contributed by atoms with Gasteiger partial charge >= 0.3 is 0 Å². The average molecular weight is 226 g/mol. The summed E-state index contributed by atoms with van der Waals surface area (Å²) < 4.78 is 0. The van der Waals surface area contributed by atoms with Crippen LogP contribution in [0.2, 0.25) is 0 Å². The first kappa shape index (κ1) is 13.7. The fourth-order valence-corrected chi connectivity index (χ4v) is 2.87. The van der Waals surface area contributed by atoms with Gasteiger partial charge in [0.1, 0.15) is 0 Å². The maximum atomic E-state index is 8.42. The predicted molar refractivity (Wildman–Crippen MR) is 67.1 cm³/mol. The van der Waals surface area contributed by atoms with E-state index in [0.717, 1.165) is 11.8 Å². The SMILES string of the molecule is C=C1C2CCC(C2)C1(C)C.CCC(O)CO. The molecule has 94 valence electrons. The maximum absolute atomic E-state index is 8.42. The Bertz CT molecular complexity index is 241. The van der Waals surface area contributed by atoms with Crippen LogP contribution in [0.3, 0.4) is 0 Å². The molecule has 2 N–H and O–H groups in total. The molecule has 2 heteroatoms. The highest BCUT2D eigenvalue weighted by Gasteiger charge is 2.47. The fourth-order valence-electron chi connectivity index (χ4n) is 2.87. The first-order valence-corrected chi connectivity index (χ1v) is 6.41. The predicted octanol–water partition coefficient (Wildman–Crippen LogP) is 2.75. The number of hydrogen-bond donors (Lipinski definition) is 2. The van der Waals surface area contributed by atoms with Crippen molar-refractivity contribution in [1.82, 2.24) is 0 Å². The molecule has 0 aromatic heterocycles. The molecule has 0 spiro atoms.